The summed E-state index contributed by atoms with van der Waals surface area (Å²) >= 11 is 0. The second kappa shape index (κ2) is 7.98. The Balaban J connectivity index is 1.51. The monoisotopic (exact) mass is 403 g/mol. The Bertz CT molecular complexity index is 912. The fourth-order valence-electron chi connectivity index (χ4n) is 3.74. The largest absolute Gasteiger partial charge is 0.454 e. The van der Waals surface area contributed by atoms with Crippen LogP contribution in [0.3, 0.4) is 0 Å². The van der Waals surface area contributed by atoms with E-state index in [9.17, 15) is 8.42 Å². The van der Waals surface area contributed by atoms with Gasteiger partial charge in [0.15, 0.2) is 11.5 Å². The van der Waals surface area contributed by atoms with Crippen LogP contribution >= 0.6 is 0 Å². The van der Waals surface area contributed by atoms with Gasteiger partial charge in [-0.3, -0.25) is 4.90 Å². The van der Waals surface area contributed by atoms with Gasteiger partial charge in [0.2, 0.25) is 16.8 Å². The molecular weight excluding hydrogens is 378 g/mol. The van der Waals surface area contributed by atoms with Gasteiger partial charge in [-0.2, -0.15) is 0 Å². The fraction of sp³-hybridized carbons (Fsp3) is 0.400. The molecule has 0 spiro atoms. The number of piperazine rings is 1. The summed E-state index contributed by atoms with van der Waals surface area (Å²) in [4.78, 5) is 4.69. The van der Waals surface area contributed by atoms with Crippen LogP contribution in [0.25, 0.3) is 0 Å². The molecule has 0 amide bonds. The maximum absolute atomic E-state index is 11.7. The van der Waals surface area contributed by atoms with Gasteiger partial charge in [0.05, 0.1) is 6.26 Å². The first-order valence-electron chi connectivity index (χ1n) is 9.38. The van der Waals surface area contributed by atoms with Gasteiger partial charge in [0, 0.05) is 44.5 Å². The van der Waals surface area contributed by atoms with Crippen LogP contribution in [0.5, 0.6) is 11.5 Å². The smallest absolute Gasteiger partial charge is 0.231 e. The molecule has 150 valence electrons. The molecule has 8 heteroatoms. The van der Waals surface area contributed by atoms with E-state index in [0.29, 0.717) is 12.3 Å². The van der Waals surface area contributed by atoms with Crippen molar-refractivity contribution in [2.75, 3.05) is 50.7 Å². The zero-order valence-electron chi connectivity index (χ0n) is 15.9. The maximum atomic E-state index is 11.7. The van der Waals surface area contributed by atoms with E-state index in [0.717, 1.165) is 37.5 Å². The topological polar surface area (TPSA) is 71.1 Å². The Morgan fingerprint density at radius 3 is 2.43 bits per heavy atom. The van der Waals surface area contributed by atoms with Gasteiger partial charge in [-0.25, -0.2) is 13.1 Å². The quantitative estimate of drug-likeness (QED) is 0.794. The molecule has 4 rings (SSSR count). The Morgan fingerprint density at radius 1 is 1.00 bits per heavy atom. The summed E-state index contributed by atoms with van der Waals surface area (Å²) in [5, 5.41) is 0. The number of anilines is 1. The van der Waals surface area contributed by atoms with Gasteiger partial charge in [0.1, 0.15) is 0 Å². The van der Waals surface area contributed by atoms with Crippen LogP contribution in [0.2, 0.25) is 0 Å². The number of nitrogens with one attached hydrogen (secondary N) is 1. The Hall–Kier alpha value is -2.29. The van der Waals surface area contributed by atoms with Crippen molar-refractivity contribution < 1.29 is 17.9 Å². The third kappa shape index (κ3) is 4.40. The Labute approximate surface area is 165 Å². The average Bonchev–Trinajstić information content (AvgIpc) is 3.16. The van der Waals surface area contributed by atoms with Gasteiger partial charge in [-0.15, -0.1) is 0 Å². The minimum Gasteiger partial charge on any atom is -0.454 e. The Morgan fingerprint density at radius 2 is 1.71 bits per heavy atom. The van der Waals surface area contributed by atoms with Gasteiger partial charge < -0.3 is 14.4 Å². The molecule has 2 aliphatic rings. The average molecular weight is 404 g/mol. The van der Waals surface area contributed by atoms with Crippen molar-refractivity contribution in [3.63, 3.8) is 0 Å². The lowest BCUT2D eigenvalue weighted by atomic mass is 10.0. The van der Waals surface area contributed by atoms with Crippen LogP contribution in [0.4, 0.5) is 5.69 Å². The highest BCUT2D eigenvalue weighted by molar-refractivity contribution is 7.88. The number of ether oxygens (including phenoxy) is 2. The van der Waals surface area contributed by atoms with E-state index >= 15 is 0 Å². The highest BCUT2D eigenvalue weighted by Gasteiger charge is 2.27. The standard InChI is InChI=1S/C20H25N3O4S/c1-28(24,25)21-14-18(16-7-8-19-20(13-16)27-15-26-19)23-11-9-22(10-12-23)17-5-3-2-4-6-17/h2-8,13,18,21H,9-12,14-15H2,1H3/t18-/m1/s1. The van der Waals surface area contributed by atoms with Crippen molar-refractivity contribution >= 4 is 15.7 Å². The molecule has 0 unspecified atom stereocenters. The first-order chi connectivity index (χ1) is 13.5. The van der Waals surface area contributed by atoms with Gasteiger partial charge in [0.25, 0.3) is 0 Å². The molecule has 2 aliphatic heterocycles. The van der Waals surface area contributed by atoms with E-state index in [4.69, 9.17) is 9.47 Å². The number of fused-ring (bicyclic) bond motifs is 1. The molecular formula is C20H25N3O4S. The van der Waals surface area contributed by atoms with E-state index in [2.05, 4.69) is 26.7 Å². The number of para-hydroxylation sites is 1. The summed E-state index contributed by atoms with van der Waals surface area (Å²) in [6.07, 6.45) is 1.19. The summed E-state index contributed by atoms with van der Waals surface area (Å²) in [6.45, 7) is 4.03. The molecule has 28 heavy (non-hydrogen) atoms. The van der Waals surface area contributed by atoms with E-state index in [1.54, 1.807) is 0 Å². The molecule has 1 saturated heterocycles. The van der Waals surface area contributed by atoms with Crippen LogP contribution in [-0.2, 0) is 10.0 Å². The van der Waals surface area contributed by atoms with Crippen molar-refractivity contribution in [1.29, 1.82) is 0 Å². The molecule has 0 bridgehead atoms. The SMILES string of the molecule is CS(=O)(=O)NC[C@H](c1ccc2c(c1)OCO2)N1CCN(c2ccccc2)CC1. The number of hydrogen-bond donors (Lipinski definition) is 1. The first kappa shape index (κ1) is 19.0. The zero-order chi connectivity index (χ0) is 19.6. The van der Waals surface area contributed by atoms with Crippen LogP contribution in [0.15, 0.2) is 48.5 Å². The van der Waals surface area contributed by atoms with E-state index in [-0.39, 0.29) is 12.8 Å². The van der Waals surface area contributed by atoms with Crippen LogP contribution in [-0.4, -0.2) is 59.1 Å². The predicted molar refractivity (Wildman–Crippen MR) is 108 cm³/mol. The molecule has 2 aromatic rings. The third-order valence-corrected chi connectivity index (χ3v) is 5.89. The molecule has 1 atom stereocenters. The minimum atomic E-state index is -3.27. The lowest BCUT2D eigenvalue weighted by Gasteiger charge is -2.40. The molecule has 7 nitrogen and oxygen atoms in total. The zero-order valence-corrected chi connectivity index (χ0v) is 16.7. The molecule has 2 aromatic carbocycles. The second-order valence-corrected chi connectivity index (χ2v) is 8.94. The summed E-state index contributed by atoms with van der Waals surface area (Å²) in [5.74, 6) is 1.44. The minimum absolute atomic E-state index is 0.0675. The molecule has 0 aliphatic carbocycles. The number of nitrogens with zero attached hydrogens (tertiary/aromatic N) is 2. The van der Waals surface area contributed by atoms with Crippen molar-refractivity contribution in [3.05, 3.63) is 54.1 Å². The number of rotatable bonds is 6. The van der Waals surface area contributed by atoms with Crippen LogP contribution < -0.4 is 19.1 Å². The number of hydrogen-bond acceptors (Lipinski definition) is 6. The molecule has 2 heterocycles. The van der Waals surface area contributed by atoms with Crippen molar-refractivity contribution in [1.82, 2.24) is 9.62 Å². The first-order valence-corrected chi connectivity index (χ1v) is 11.3. The molecule has 0 saturated carbocycles. The maximum Gasteiger partial charge on any atom is 0.231 e. The summed E-state index contributed by atoms with van der Waals surface area (Å²) in [6, 6.07) is 16.1. The van der Waals surface area contributed by atoms with E-state index < -0.39 is 10.0 Å². The van der Waals surface area contributed by atoms with Gasteiger partial charge in [-0.1, -0.05) is 24.3 Å². The van der Waals surface area contributed by atoms with Crippen LogP contribution in [0, 0.1) is 0 Å². The summed E-state index contributed by atoms with van der Waals surface area (Å²) < 4.78 is 37.0. The van der Waals surface area contributed by atoms with Crippen molar-refractivity contribution in [2.24, 2.45) is 0 Å². The fourth-order valence-corrected chi connectivity index (χ4v) is 4.20. The highest BCUT2D eigenvalue weighted by atomic mass is 32.2. The highest BCUT2D eigenvalue weighted by Crippen LogP contribution is 2.35. The van der Waals surface area contributed by atoms with E-state index in [1.807, 2.05) is 36.4 Å². The molecule has 0 radical (unpaired) electrons. The lowest BCUT2D eigenvalue weighted by molar-refractivity contribution is 0.173. The summed E-state index contributed by atoms with van der Waals surface area (Å²) in [7, 11) is -3.27. The second-order valence-electron chi connectivity index (χ2n) is 7.11. The van der Waals surface area contributed by atoms with Crippen molar-refractivity contribution in [3.8, 4) is 11.5 Å². The number of sulfonamides is 1. The van der Waals surface area contributed by atoms with Gasteiger partial charge in [-0.05, 0) is 29.8 Å². The van der Waals surface area contributed by atoms with Gasteiger partial charge >= 0.3 is 0 Å². The lowest BCUT2D eigenvalue weighted by Crippen LogP contribution is -2.49. The molecule has 1 fully saturated rings. The Kier molecular flexibility index (Phi) is 5.43. The van der Waals surface area contributed by atoms with E-state index in [1.165, 1.54) is 11.9 Å². The molecule has 1 N–H and O–H groups in total. The molecule has 0 aromatic heterocycles. The van der Waals surface area contributed by atoms with Crippen LogP contribution in [0.1, 0.15) is 11.6 Å². The predicted octanol–water partition coefficient (Wildman–Crippen LogP) is 1.83. The van der Waals surface area contributed by atoms with Crippen molar-refractivity contribution in [2.45, 2.75) is 6.04 Å². The summed E-state index contributed by atoms with van der Waals surface area (Å²) in [5.41, 5.74) is 2.24. The normalized spacial score (nSPS) is 18.2. The third-order valence-electron chi connectivity index (χ3n) is 5.20. The number of benzene rings is 2.